The Kier molecular flexibility index (Phi) is 3.33. The van der Waals surface area contributed by atoms with Crippen LogP contribution < -0.4 is 5.56 Å². The fourth-order valence-corrected chi connectivity index (χ4v) is 2.85. The number of aryl methyl sites for hydroxylation is 1. The fraction of sp³-hybridized carbons (Fsp3) is 0.125. The Bertz CT molecular complexity index is 868. The van der Waals surface area contributed by atoms with E-state index in [1.807, 2.05) is 56.3 Å². The summed E-state index contributed by atoms with van der Waals surface area (Å²) in [5.74, 6) is 0.707. The van der Waals surface area contributed by atoms with Gasteiger partial charge in [-0.15, -0.1) is 0 Å². The highest BCUT2D eigenvalue weighted by molar-refractivity contribution is 14.1. The molecule has 0 saturated carbocycles. The first-order valence-corrected chi connectivity index (χ1v) is 7.41. The molecule has 0 saturated heterocycles. The Balaban J connectivity index is 2.43. The van der Waals surface area contributed by atoms with Crippen LogP contribution in [-0.4, -0.2) is 9.55 Å². The van der Waals surface area contributed by atoms with Gasteiger partial charge in [0.05, 0.1) is 16.6 Å². The smallest absolute Gasteiger partial charge is 0.265 e. The molecular formula is C16H13IN2O. The number of hydrogen-bond donors (Lipinski definition) is 0. The van der Waals surface area contributed by atoms with Crippen molar-refractivity contribution in [3.05, 3.63) is 67.8 Å². The molecule has 0 radical (unpaired) electrons. The third-order valence-corrected chi connectivity index (χ3v) is 4.59. The first-order chi connectivity index (χ1) is 9.59. The second kappa shape index (κ2) is 5.01. The van der Waals surface area contributed by atoms with E-state index in [2.05, 4.69) is 27.6 Å². The molecule has 3 rings (SSSR count). The maximum Gasteiger partial charge on any atom is 0.265 e. The summed E-state index contributed by atoms with van der Waals surface area (Å²) in [6.45, 7) is 3.89. The predicted molar refractivity (Wildman–Crippen MR) is 89.5 cm³/mol. The Hall–Kier alpha value is -1.69. The van der Waals surface area contributed by atoms with Gasteiger partial charge >= 0.3 is 0 Å². The van der Waals surface area contributed by atoms with Crippen molar-refractivity contribution in [1.29, 1.82) is 0 Å². The molecular weight excluding hydrogens is 363 g/mol. The average Bonchev–Trinajstić information content (AvgIpc) is 2.43. The molecule has 4 heteroatoms. The Labute approximate surface area is 130 Å². The fourth-order valence-electron chi connectivity index (χ4n) is 2.37. The van der Waals surface area contributed by atoms with E-state index in [9.17, 15) is 4.79 Å². The van der Waals surface area contributed by atoms with Crippen LogP contribution in [0.4, 0.5) is 0 Å². The Morgan fingerprint density at radius 2 is 1.80 bits per heavy atom. The molecule has 0 N–H and O–H groups in total. The van der Waals surface area contributed by atoms with Gasteiger partial charge in [0.15, 0.2) is 0 Å². The minimum absolute atomic E-state index is 0.0156. The zero-order chi connectivity index (χ0) is 14.3. The summed E-state index contributed by atoms with van der Waals surface area (Å²) in [4.78, 5) is 17.3. The summed E-state index contributed by atoms with van der Waals surface area (Å²) in [7, 11) is 0. The molecule has 3 nitrogen and oxygen atoms in total. The second-order valence-electron chi connectivity index (χ2n) is 4.70. The van der Waals surface area contributed by atoms with Crippen molar-refractivity contribution < 1.29 is 0 Å². The van der Waals surface area contributed by atoms with E-state index in [4.69, 9.17) is 0 Å². The van der Waals surface area contributed by atoms with E-state index in [-0.39, 0.29) is 5.56 Å². The van der Waals surface area contributed by atoms with Gasteiger partial charge in [0, 0.05) is 3.57 Å². The lowest BCUT2D eigenvalue weighted by molar-refractivity contribution is 0.886. The lowest BCUT2D eigenvalue weighted by atomic mass is 10.2. The van der Waals surface area contributed by atoms with Gasteiger partial charge in [-0.1, -0.05) is 18.2 Å². The molecule has 0 aliphatic rings. The minimum atomic E-state index is -0.0156. The summed E-state index contributed by atoms with van der Waals surface area (Å²) in [6, 6.07) is 13.4. The number of aromatic nitrogens is 2. The molecule has 0 bridgehead atoms. The molecule has 1 heterocycles. The van der Waals surface area contributed by atoms with Gasteiger partial charge in [0.2, 0.25) is 0 Å². The van der Waals surface area contributed by atoms with Crippen molar-refractivity contribution in [2.75, 3.05) is 0 Å². The van der Waals surface area contributed by atoms with Gasteiger partial charge in [-0.05, 0) is 66.3 Å². The van der Waals surface area contributed by atoms with Crippen LogP contribution in [0.3, 0.4) is 0 Å². The molecule has 3 aromatic rings. The topological polar surface area (TPSA) is 34.9 Å². The highest BCUT2D eigenvalue weighted by Gasteiger charge is 2.12. The zero-order valence-corrected chi connectivity index (χ0v) is 13.4. The summed E-state index contributed by atoms with van der Waals surface area (Å²) in [5, 5.41) is 0.649. The van der Waals surface area contributed by atoms with E-state index in [1.165, 1.54) is 0 Å². The quantitative estimate of drug-likeness (QED) is 0.609. The average molecular weight is 376 g/mol. The van der Waals surface area contributed by atoms with Crippen LogP contribution in [0.1, 0.15) is 11.4 Å². The molecule has 0 aliphatic carbocycles. The van der Waals surface area contributed by atoms with Gasteiger partial charge in [-0.25, -0.2) is 4.98 Å². The van der Waals surface area contributed by atoms with E-state index in [1.54, 1.807) is 4.57 Å². The largest absolute Gasteiger partial charge is 0.268 e. The van der Waals surface area contributed by atoms with E-state index in [0.717, 1.165) is 20.3 Å². The number of fused-ring (bicyclic) bond motifs is 1. The lowest BCUT2D eigenvalue weighted by Gasteiger charge is -2.14. The van der Waals surface area contributed by atoms with E-state index in [0.29, 0.717) is 11.2 Å². The van der Waals surface area contributed by atoms with Crippen LogP contribution in [0, 0.1) is 17.4 Å². The monoisotopic (exact) mass is 376 g/mol. The molecule has 100 valence electrons. The third-order valence-electron chi connectivity index (χ3n) is 3.42. The van der Waals surface area contributed by atoms with Crippen LogP contribution in [0.15, 0.2) is 47.3 Å². The second-order valence-corrected chi connectivity index (χ2v) is 5.86. The molecule has 0 spiro atoms. The molecule has 2 aromatic carbocycles. The number of halogens is 1. The van der Waals surface area contributed by atoms with Crippen molar-refractivity contribution >= 4 is 33.5 Å². The molecule has 0 atom stereocenters. The van der Waals surface area contributed by atoms with Crippen molar-refractivity contribution in [1.82, 2.24) is 9.55 Å². The van der Waals surface area contributed by atoms with Gasteiger partial charge in [0.25, 0.3) is 5.56 Å². The summed E-state index contributed by atoms with van der Waals surface area (Å²) < 4.78 is 2.83. The maximum absolute atomic E-state index is 12.7. The van der Waals surface area contributed by atoms with Crippen molar-refractivity contribution in [3.63, 3.8) is 0 Å². The van der Waals surface area contributed by atoms with Crippen LogP contribution in [0.5, 0.6) is 0 Å². The zero-order valence-electron chi connectivity index (χ0n) is 11.2. The van der Waals surface area contributed by atoms with Crippen molar-refractivity contribution in [2.45, 2.75) is 13.8 Å². The van der Waals surface area contributed by atoms with Crippen molar-refractivity contribution in [2.24, 2.45) is 0 Å². The predicted octanol–water partition coefficient (Wildman–Crippen LogP) is 3.61. The summed E-state index contributed by atoms with van der Waals surface area (Å²) in [5.41, 5.74) is 2.72. The molecule has 0 aliphatic heterocycles. The maximum atomic E-state index is 12.7. The molecule has 0 amide bonds. The third kappa shape index (κ3) is 2.04. The van der Waals surface area contributed by atoms with Gasteiger partial charge in [-0.2, -0.15) is 0 Å². The lowest BCUT2D eigenvalue weighted by Crippen LogP contribution is -2.23. The molecule has 20 heavy (non-hydrogen) atoms. The number of benzene rings is 2. The molecule has 0 unspecified atom stereocenters. The first kappa shape index (κ1) is 13.3. The van der Waals surface area contributed by atoms with Crippen LogP contribution >= 0.6 is 22.6 Å². The highest BCUT2D eigenvalue weighted by Crippen LogP contribution is 2.20. The minimum Gasteiger partial charge on any atom is -0.268 e. The van der Waals surface area contributed by atoms with Gasteiger partial charge < -0.3 is 0 Å². The molecule has 1 aromatic heterocycles. The van der Waals surface area contributed by atoms with E-state index >= 15 is 0 Å². The van der Waals surface area contributed by atoms with Gasteiger partial charge in [0.1, 0.15) is 5.82 Å². The normalized spacial score (nSPS) is 10.9. The highest BCUT2D eigenvalue weighted by atomic mass is 127. The number of para-hydroxylation sites is 1. The van der Waals surface area contributed by atoms with Crippen molar-refractivity contribution in [3.8, 4) is 5.69 Å². The van der Waals surface area contributed by atoms with Crippen LogP contribution in [-0.2, 0) is 0 Å². The summed E-state index contributed by atoms with van der Waals surface area (Å²) >= 11 is 2.28. The first-order valence-electron chi connectivity index (χ1n) is 6.33. The molecule has 0 fully saturated rings. The SMILES string of the molecule is Cc1c(I)cccc1-n1c(C)nc2ccccc2c1=O. The number of hydrogen-bond acceptors (Lipinski definition) is 2. The Morgan fingerprint density at radius 1 is 1.05 bits per heavy atom. The van der Waals surface area contributed by atoms with Crippen LogP contribution in [0.2, 0.25) is 0 Å². The number of nitrogens with zero attached hydrogens (tertiary/aromatic N) is 2. The van der Waals surface area contributed by atoms with Crippen LogP contribution in [0.25, 0.3) is 16.6 Å². The standard InChI is InChI=1S/C16H13IN2O/c1-10-13(17)7-5-9-15(10)19-11(2)18-14-8-4-3-6-12(14)16(19)20/h3-9H,1-2H3. The number of rotatable bonds is 1. The Morgan fingerprint density at radius 3 is 2.60 bits per heavy atom. The van der Waals surface area contributed by atoms with Gasteiger partial charge in [-0.3, -0.25) is 9.36 Å². The van der Waals surface area contributed by atoms with E-state index < -0.39 is 0 Å². The summed E-state index contributed by atoms with van der Waals surface area (Å²) in [6.07, 6.45) is 0.